The van der Waals surface area contributed by atoms with E-state index in [1.54, 1.807) is 13.8 Å². The monoisotopic (exact) mass is 462 g/mol. The topological polar surface area (TPSA) is 20.2 Å². The van der Waals surface area contributed by atoms with E-state index < -0.39 is 5.60 Å². The van der Waals surface area contributed by atoms with E-state index in [1.165, 1.54) is 0 Å². The van der Waals surface area contributed by atoms with Crippen LogP contribution < -0.4 is 0 Å². The quantitative estimate of drug-likeness (QED) is 0.305. The summed E-state index contributed by atoms with van der Waals surface area (Å²) in [6.07, 6.45) is 5.28. The Morgan fingerprint density at radius 1 is 0.472 bits per heavy atom. The molecule has 0 fully saturated rings. The average molecular weight is 463 g/mol. The van der Waals surface area contributed by atoms with E-state index in [-0.39, 0.29) is 0 Å². The Balaban J connectivity index is 0.000000205. The van der Waals surface area contributed by atoms with E-state index in [0.29, 0.717) is 0 Å². The van der Waals surface area contributed by atoms with Gasteiger partial charge >= 0.3 is 0 Å². The molecule has 1 heteroatoms. The lowest BCUT2D eigenvalue weighted by Crippen LogP contribution is -2.14. The predicted octanol–water partition coefficient (Wildman–Crippen LogP) is 6.28. The van der Waals surface area contributed by atoms with Gasteiger partial charge in [0.1, 0.15) is 5.60 Å². The zero-order chi connectivity index (χ0) is 25.6. The summed E-state index contributed by atoms with van der Waals surface area (Å²) >= 11 is 0. The van der Waals surface area contributed by atoms with Crippen molar-refractivity contribution in [1.82, 2.24) is 0 Å². The van der Waals surface area contributed by atoms with E-state index in [1.807, 2.05) is 109 Å². The molecule has 0 radical (unpaired) electrons. The number of rotatable bonds is 0. The van der Waals surface area contributed by atoms with E-state index in [4.69, 9.17) is 6.42 Å². The molecule has 0 aromatic heterocycles. The molecule has 4 aromatic carbocycles. The zero-order valence-corrected chi connectivity index (χ0v) is 20.4. The van der Waals surface area contributed by atoms with Gasteiger partial charge in [-0.25, -0.2) is 0 Å². The molecule has 0 atom stereocenters. The summed E-state index contributed by atoms with van der Waals surface area (Å²) in [6, 6.07) is 35.2. The van der Waals surface area contributed by atoms with Crippen LogP contribution in [0, 0.1) is 47.9 Å². The van der Waals surface area contributed by atoms with Crippen LogP contribution >= 0.6 is 0 Å². The van der Waals surface area contributed by atoms with Crippen molar-refractivity contribution in [3.8, 4) is 47.9 Å². The maximum absolute atomic E-state index is 9.55. The van der Waals surface area contributed by atoms with E-state index in [9.17, 15) is 5.11 Å². The van der Waals surface area contributed by atoms with Crippen LogP contribution in [0.4, 0.5) is 0 Å². The van der Waals surface area contributed by atoms with Crippen LogP contribution in [0.5, 0.6) is 0 Å². The minimum absolute atomic E-state index is 0.873. The highest BCUT2D eigenvalue weighted by Crippen LogP contribution is 2.05. The van der Waals surface area contributed by atoms with Gasteiger partial charge in [-0.1, -0.05) is 77.8 Å². The van der Waals surface area contributed by atoms with Crippen molar-refractivity contribution in [2.75, 3.05) is 0 Å². The van der Waals surface area contributed by atoms with Crippen LogP contribution in [0.2, 0.25) is 0 Å². The first kappa shape index (κ1) is 25.7. The van der Waals surface area contributed by atoms with Crippen molar-refractivity contribution in [3.05, 3.63) is 143 Å². The summed E-state index contributed by atoms with van der Waals surface area (Å²) < 4.78 is 0. The van der Waals surface area contributed by atoms with Gasteiger partial charge in [-0.3, -0.25) is 0 Å². The minimum atomic E-state index is -0.966. The molecule has 1 N–H and O–H groups in total. The Hall–Kier alpha value is -4.92. The molecule has 0 unspecified atom stereocenters. The number of hydrogen-bond donors (Lipinski definition) is 1. The molecule has 0 spiro atoms. The van der Waals surface area contributed by atoms with Crippen LogP contribution in [-0.4, -0.2) is 10.7 Å². The molecule has 0 amide bonds. The van der Waals surface area contributed by atoms with Crippen LogP contribution in [0.3, 0.4) is 0 Å². The molecule has 0 heterocycles. The first-order valence-corrected chi connectivity index (χ1v) is 11.5. The molecule has 0 aliphatic heterocycles. The molecule has 4 rings (SSSR count). The van der Waals surface area contributed by atoms with Gasteiger partial charge in [0.15, 0.2) is 0 Å². The molecule has 172 valence electrons. The second kappa shape index (κ2) is 13.1. The Kier molecular flexibility index (Phi) is 9.35. The molecule has 0 saturated heterocycles. The van der Waals surface area contributed by atoms with Gasteiger partial charge in [0.25, 0.3) is 0 Å². The molecule has 0 bridgehead atoms. The third kappa shape index (κ3) is 9.52. The summed E-state index contributed by atoms with van der Waals surface area (Å²) in [6.45, 7) is 3.33. The summed E-state index contributed by atoms with van der Waals surface area (Å²) in [5.41, 5.74) is 4.72. The highest BCUT2D eigenvalue weighted by Gasteiger charge is 2.05. The van der Waals surface area contributed by atoms with Crippen LogP contribution in [0.15, 0.2) is 109 Å². The lowest BCUT2D eigenvalue weighted by molar-refractivity contribution is 0.143. The lowest BCUT2D eigenvalue weighted by atomic mass is 10.1. The van der Waals surface area contributed by atoms with Crippen LogP contribution in [0.25, 0.3) is 0 Å². The second-order valence-electron chi connectivity index (χ2n) is 8.34. The number of hydrogen-bond acceptors (Lipinski definition) is 1. The third-order valence-corrected chi connectivity index (χ3v) is 4.70. The second-order valence-corrected chi connectivity index (χ2v) is 8.34. The fraction of sp³-hybridized carbons (Fsp3) is 0.0857. The molecular formula is C35H26O. The van der Waals surface area contributed by atoms with Crippen molar-refractivity contribution in [1.29, 1.82) is 0 Å². The van der Waals surface area contributed by atoms with Gasteiger partial charge in [-0.05, 0) is 86.6 Å². The molecule has 0 saturated carbocycles. The number of benzene rings is 4. The zero-order valence-electron chi connectivity index (χ0n) is 20.4. The summed E-state index contributed by atoms with van der Waals surface area (Å²) in [4.78, 5) is 0. The standard InChI is InChI=1S/C19H16O.C16H10/c1-19(2,20)15-14-18-12-10-17(11-13-18)9-8-16-6-4-3-5-7-16;1-2-14-8-10-16(11-9-14)13-12-15-6-4-3-5-7-15/h3-7,10-13,20H,1-2H3;1,3-11H. The highest BCUT2D eigenvalue weighted by atomic mass is 16.3. The van der Waals surface area contributed by atoms with E-state index in [2.05, 4.69) is 41.4 Å². The Morgan fingerprint density at radius 3 is 1.11 bits per heavy atom. The van der Waals surface area contributed by atoms with Crippen molar-refractivity contribution >= 4 is 0 Å². The molecular weight excluding hydrogens is 436 g/mol. The van der Waals surface area contributed by atoms with Crippen molar-refractivity contribution in [2.24, 2.45) is 0 Å². The van der Waals surface area contributed by atoms with Crippen LogP contribution in [0.1, 0.15) is 47.2 Å². The maximum atomic E-state index is 9.55. The van der Waals surface area contributed by atoms with Crippen LogP contribution in [-0.2, 0) is 0 Å². The van der Waals surface area contributed by atoms with Crippen molar-refractivity contribution < 1.29 is 5.11 Å². The minimum Gasteiger partial charge on any atom is -0.378 e. The summed E-state index contributed by atoms with van der Waals surface area (Å²) in [5, 5.41) is 9.55. The third-order valence-electron chi connectivity index (χ3n) is 4.70. The normalized spacial score (nSPS) is 9.39. The molecule has 1 nitrogen and oxygen atoms in total. The maximum Gasteiger partial charge on any atom is 0.120 e. The molecule has 4 aromatic rings. The smallest absolute Gasteiger partial charge is 0.120 e. The number of terminal acetylenes is 1. The van der Waals surface area contributed by atoms with E-state index >= 15 is 0 Å². The fourth-order valence-electron chi connectivity index (χ4n) is 2.84. The first-order valence-electron chi connectivity index (χ1n) is 11.5. The van der Waals surface area contributed by atoms with Crippen molar-refractivity contribution in [2.45, 2.75) is 19.4 Å². The van der Waals surface area contributed by atoms with Crippen molar-refractivity contribution in [3.63, 3.8) is 0 Å². The largest absolute Gasteiger partial charge is 0.378 e. The van der Waals surface area contributed by atoms with Gasteiger partial charge in [-0.15, -0.1) is 6.42 Å². The Bertz CT molecular complexity index is 1480. The fourth-order valence-corrected chi connectivity index (χ4v) is 2.84. The molecule has 0 aliphatic rings. The summed E-state index contributed by atoms with van der Waals surface area (Å²) in [5.74, 6) is 20.7. The Morgan fingerprint density at radius 2 is 0.778 bits per heavy atom. The molecule has 36 heavy (non-hydrogen) atoms. The van der Waals surface area contributed by atoms with Gasteiger partial charge in [0, 0.05) is 33.4 Å². The van der Waals surface area contributed by atoms with Gasteiger partial charge in [0.2, 0.25) is 0 Å². The number of aliphatic hydroxyl groups is 1. The molecule has 0 aliphatic carbocycles. The summed E-state index contributed by atoms with van der Waals surface area (Å²) in [7, 11) is 0. The Labute approximate surface area is 214 Å². The lowest BCUT2D eigenvalue weighted by Gasteiger charge is -2.05. The van der Waals surface area contributed by atoms with Gasteiger partial charge in [0.05, 0.1) is 0 Å². The SMILES string of the molecule is C#Cc1ccc(C#Cc2ccccc2)cc1.CC(C)(O)C#Cc1ccc(C#Cc2ccccc2)cc1. The highest BCUT2D eigenvalue weighted by molar-refractivity contribution is 5.47. The predicted molar refractivity (Wildman–Crippen MR) is 149 cm³/mol. The average Bonchev–Trinajstić information content (AvgIpc) is 2.91. The van der Waals surface area contributed by atoms with Gasteiger partial charge in [-0.2, -0.15) is 0 Å². The van der Waals surface area contributed by atoms with E-state index in [0.717, 1.165) is 33.4 Å². The van der Waals surface area contributed by atoms with Gasteiger partial charge < -0.3 is 5.11 Å². The first-order chi connectivity index (χ1) is 17.4.